The Hall–Kier alpha value is -0.530. The number of rotatable bonds is 23. The van der Waals surface area contributed by atoms with Crippen LogP contribution in [-0.2, 0) is 9.53 Å². The van der Waals surface area contributed by atoms with Crippen molar-refractivity contribution in [3.8, 4) is 0 Å². The summed E-state index contributed by atoms with van der Waals surface area (Å²) < 4.78 is 5.49. The van der Waals surface area contributed by atoms with E-state index in [1.54, 1.807) is 0 Å². The van der Waals surface area contributed by atoms with Crippen molar-refractivity contribution in [2.24, 2.45) is 5.92 Å². The molecule has 0 N–H and O–H groups in total. The second-order valence-electron chi connectivity index (χ2n) is 9.15. The van der Waals surface area contributed by atoms with E-state index >= 15 is 0 Å². The normalized spacial score (nSPS) is 12.2. The van der Waals surface area contributed by atoms with Crippen molar-refractivity contribution in [1.29, 1.82) is 0 Å². The summed E-state index contributed by atoms with van der Waals surface area (Å²) in [5.41, 5.74) is 0. The lowest BCUT2D eigenvalue weighted by atomic mass is 9.94. The highest BCUT2D eigenvalue weighted by Gasteiger charge is 2.09. The Labute approximate surface area is 184 Å². The van der Waals surface area contributed by atoms with Crippen LogP contribution in [0.2, 0.25) is 0 Å². The van der Waals surface area contributed by atoms with Gasteiger partial charge in [-0.25, -0.2) is 0 Å². The highest BCUT2D eigenvalue weighted by atomic mass is 16.5. The SMILES string of the molecule is CCCCCCCCCCCCCCCC(=O)OCCC(CCC)CCCCC. The van der Waals surface area contributed by atoms with Crippen LogP contribution in [0.4, 0.5) is 0 Å². The van der Waals surface area contributed by atoms with Gasteiger partial charge in [-0.3, -0.25) is 4.79 Å². The van der Waals surface area contributed by atoms with Crippen LogP contribution >= 0.6 is 0 Å². The fourth-order valence-corrected chi connectivity index (χ4v) is 4.22. The van der Waals surface area contributed by atoms with E-state index in [9.17, 15) is 4.79 Å². The first-order chi connectivity index (χ1) is 14.2. The molecule has 0 aliphatic carbocycles. The molecule has 0 aromatic carbocycles. The third-order valence-corrected chi connectivity index (χ3v) is 6.19. The molecule has 0 saturated carbocycles. The van der Waals surface area contributed by atoms with Crippen LogP contribution in [0.3, 0.4) is 0 Å². The molecule has 174 valence electrons. The second-order valence-corrected chi connectivity index (χ2v) is 9.15. The van der Waals surface area contributed by atoms with Gasteiger partial charge < -0.3 is 4.74 Å². The summed E-state index contributed by atoms with van der Waals surface area (Å²) in [6.07, 6.45) is 26.9. The predicted octanol–water partition coefficient (Wildman–Crippen LogP) is 9.40. The van der Waals surface area contributed by atoms with Gasteiger partial charge in [0.2, 0.25) is 0 Å². The lowest BCUT2D eigenvalue weighted by Crippen LogP contribution is -2.10. The zero-order valence-electron chi connectivity index (χ0n) is 20.5. The summed E-state index contributed by atoms with van der Waals surface area (Å²) in [6, 6.07) is 0. The van der Waals surface area contributed by atoms with Crippen molar-refractivity contribution in [2.45, 2.75) is 156 Å². The van der Waals surface area contributed by atoms with Gasteiger partial charge in [0.1, 0.15) is 0 Å². The molecule has 0 aliphatic heterocycles. The highest BCUT2D eigenvalue weighted by Crippen LogP contribution is 2.19. The van der Waals surface area contributed by atoms with Crippen LogP contribution in [0, 0.1) is 5.92 Å². The summed E-state index contributed by atoms with van der Waals surface area (Å²) >= 11 is 0. The lowest BCUT2D eigenvalue weighted by Gasteiger charge is -2.16. The lowest BCUT2D eigenvalue weighted by molar-refractivity contribution is -0.144. The van der Waals surface area contributed by atoms with Crippen LogP contribution in [0.5, 0.6) is 0 Å². The molecule has 0 aromatic heterocycles. The Morgan fingerprint density at radius 2 is 1.03 bits per heavy atom. The second kappa shape index (κ2) is 23.7. The van der Waals surface area contributed by atoms with Gasteiger partial charge in [-0.2, -0.15) is 0 Å². The van der Waals surface area contributed by atoms with Gasteiger partial charge in [0, 0.05) is 6.42 Å². The highest BCUT2D eigenvalue weighted by molar-refractivity contribution is 5.69. The summed E-state index contributed by atoms with van der Waals surface area (Å²) in [7, 11) is 0. The number of hydrogen-bond acceptors (Lipinski definition) is 2. The Kier molecular flexibility index (Phi) is 23.3. The van der Waals surface area contributed by atoms with Gasteiger partial charge in [-0.1, -0.05) is 136 Å². The van der Waals surface area contributed by atoms with Gasteiger partial charge in [-0.15, -0.1) is 0 Å². The number of esters is 1. The quantitative estimate of drug-likeness (QED) is 0.124. The van der Waals surface area contributed by atoms with Crippen LogP contribution in [-0.4, -0.2) is 12.6 Å². The largest absolute Gasteiger partial charge is 0.466 e. The van der Waals surface area contributed by atoms with Gasteiger partial charge in [-0.05, 0) is 18.8 Å². The molecule has 0 aromatic rings. The third-order valence-electron chi connectivity index (χ3n) is 6.19. The fourth-order valence-electron chi connectivity index (χ4n) is 4.22. The molecule has 1 unspecified atom stereocenters. The molecule has 1 atom stereocenters. The Morgan fingerprint density at radius 1 is 0.552 bits per heavy atom. The average Bonchev–Trinajstić information content (AvgIpc) is 2.71. The smallest absolute Gasteiger partial charge is 0.305 e. The van der Waals surface area contributed by atoms with E-state index in [0.29, 0.717) is 13.0 Å². The van der Waals surface area contributed by atoms with Crippen molar-refractivity contribution >= 4 is 5.97 Å². The molecule has 0 saturated heterocycles. The molecule has 0 bridgehead atoms. The molecule has 2 heteroatoms. The van der Waals surface area contributed by atoms with E-state index in [1.165, 1.54) is 116 Å². The molecule has 0 rings (SSSR count). The van der Waals surface area contributed by atoms with Crippen molar-refractivity contribution in [3.63, 3.8) is 0 Å². The van der Waals surface area contributed by atoms with Crippen LogP contribution < -0.4 is 0 Å². The van der Waals surface area contributed by atoms with Crippen molar-refractivity contribution in [2.75, 3.05) is 6.61 Å². The minimum Gasteiger partial charge on any atom is -0.466 e. The van der Waals surface area contributed by atoms with Crippen LogP contribution in [0.15, 0.2) is 0 Å². The van der Waals surface area contributed by atoms with Crippen molar-refractivity contribution < 1.29 is 9.53 Å². The van der Waals surface area contributed by atoms with Crippen molar-refractivity contribution in [3.05, 3.63) is 0 Å². The summed E-state index contributed by atoms with van der Waals surface area (Å²) in [4.78, 5) is 11.9. The topological polar surface area (TPSA) is 26.3 Å². The van der Waals surface area contributed by atoms with Gasteiger partial charge in [0.05, 0.1) is 6.61 Å². The van der Waals surface area contributed by atoms with Crippen LogP contribution in [0.1, 0.15) is 156 Å². The van der Waals surface area contributed by atoms with Gasteiger partial charge in [0.15, 0.2) is 0 Å². The minimum atomic E-state index is 0.0249. The number of ether oxygens (including phenoxy) is 1. The predicted molar refractivity (Wildman–Crippen MR) is 128 cm³/mol. The number of carbonyl (C=O) groups is 1. The molecule has 0 fully saturated rings. The molecule has 0 aliphatic rings. The van der Waals surface area contributed by atoms with E-state index in [4.69, 9.17) is 4.74 Å². The summed E-state index contributed by atoms with van der Waals surface area (Å²) in [6.45, 7) is 7.43. The first-order valence-electron chi connectivity index (χ1n) is 13.4. The Balaban J connectivity index is 3.40. The standard InChI is InChI=1S/C27H54O2/c1-4-7-9-10-11-12-13-14-15-16-17-18-20-23-27(28)29-25-24-26(21-6-3)22-19-8-5-2/h26H,4-25H2,1-3H3. The van der Waals surface area contributed by atoms with Crippen LogP contribution in [0.25, 0.3) is 0 Å². The molecule has 0 heterocycles. The van der Waals surface area contributed by atoms with E-state index in [1.807, 2.05) is 0 Å². The number of unbranched alkanes of at least 4 members (excludes halogenated alkanes) is 14. The third kappa shape index (κ3) is 22.0. The molecular formula is C27H54O2. The van der Waals surface area contributed by atoms with E-state index in [0.717, 1.165) is 18.8 Å². The molecular weight excluding hydrogens is 356 g/mol. The summed E-state index contributed by atoms with van der Waals surface area (Å²) in [5, 5.41) is 0. The Bertz CT molecular complexity index is 326. The molecule has 29 heavy (non-hydrogen) atoms. The average molecular weight is 411 g/mol. The zero-order chi connectivity index (χ0) is 21.4. The molecule has 0 amide bonds. The maximum atomic E-state index is 11.9. The maximum Gasteiger partial charge on any atom is 0.305 e. The number of carbonyl (C=O) groups excluding carboxylic acids is 1. The Morgan fingerprint density at radius 3 is 1.55 bits per heavy atom. The van der Waals surface area contributed by atoms with Gasteiger partial charge >= 0.3 is 5.97 Å². The first kappa shape index (κ1) is 28.5. The first-order valence-corrected chi connectivity index (χ1v) is 13.4. The van der Waals surface area contributed by atoms with E-state index < -0.39 is 0 Å². The number of hydrogen-bond donors (Lipinski definition) is 0. The van der Waals surface area contributed by atoms with E-state index in [2.05, 4.69) is 20.8 Å². The molecule has 0 radical (unpaired) electrons. The monoisotopic (exact) mass is 410 g/mol. The van der Waals surface area contributed by atoms with Gasteiger partial charge in [0.25, 0.3) is 0 Å². The minimum absolute atomic E-state index is 0.0249. The molecule has 2 nitrogen and oxygen atoms in total. The van der Waals surface area contributed by atoms with Crippen molar-refractivity contribution in [1.82, 2.24) is 0 Å². The maximum absolute atomic E-state index is 11.9. The zero-order valence-corrected chi connectivity index (χ0v) is 20.5. The van der Waals surface area contributed by atoms with E-state index in [-0.39, 0.29) is 5.97 Å². The molecule has 0 spiro atoms. The fraction of sp³-hybridized carbons (Fsp3) is 0.963. The summed E-state index contributed by atoms with van der Waals surface area (Å²) in [5.74, 6) is 0.771.